The number of rotatable bonds is 6. The Kier molecular flexibility index (Phi) is 6.46. The Bertz CT molecular complexity index is 1410. The predicted molar refractivity (Wildman–Crippen MR) is 134 cm³/mol. The first-order valence-electron chi connectivity index (χ1n) is 11.8. The molecule has 2 aromatic heterocycles. The molecule has 4 aromatic rings. The number of aromatic nitrogens is 1. The molecule has 8 nitrogen and oxygen atoms in total. The van der Waals surface area contributed by atoms with Gasteiger partial charge < -0.3 is 23.4 Å². The highest BCUT2D eigenvalue weighted by Gasteiger charge is 2.27. The van der Waals surface area contributed by atoms with Crippen molar-refractivity contribution in [2.45, 2.75) is 20.5 Å². The topological polar surface area (TPSA) is 95.7 Å². The molecule has 0 saturated carbocycles. The van der Waals surface area contributed by atoms with Crippen LogP contribution in [-0.4, -0.2) is 42.0 Å². The highest BCUT2D eigenvalue weighted by Crippen LogP contribution is 2.30. The Labute approximate surface area is 209 Å². The lowest BCUT2D eigenvalue weighted by Crippen LogP contribution is -2.48. The van der Waals surface area contributed by atoms with Crippen LogP contribution in [0.15, 0.2) is 69.5 Å². The van der Waals surface area contributed by atoms with E-state index in [-0.39, 0.29) is 24.1 Å². The van der Waals surface area contributed by atoms with Gasteiger partial charge in [0.2, 0.25) is 11.6 Å². The van der Waals surface area contributed by atoms with Crippen LogP contribution in [0.25, 0.3) is 11.7 Å². The molecular weight excluding hydrogens is 456 g/mol. The van der Waals surface area contributed by atoms with E-state index in [2.05, 4.69) is 11.1 Å². The van der Waals surface area contributed by atoms with E-state index in [9.17, 15) is 10.1 Å². The highest BCUT2D eigenvalue weighted by molar-refractivity contribution is 5.94. The molecule has 8 heteroatoms. The van der Waals surface area contributed by atoms with E-state index in [1.807, 2.05) is 72.2 Å². The fourth-order valence-corrected chi connectivity index (χ4v) is 4.13. The lowest BCUT2D eigenvalue weighted by atomic mass is 10.1. The van der Waals surface area contributed by atoms with Crippen molar-refractivity contribution >= 4 is 11.8 Å². The molecule has 1 fully saturated rings. The van der Waals surface area contributed by atoms with Gasteiger partial charge in [-0.05, 0) is 49.7 Å². The molecule has 0 bridgehead atoms. The molecule has 1 amide bonds. The molecule has 0 unspecified atom stereocenters. The number of para-hydroxylation sites is 1. The molecular formula is C28H26N4O4. The second kappa shape index (κ2) is 10.0. The zero-order valence-electron chi connectivity index (χ0n) is 20.2. The summed E-state index contributed by atoms with van der Waals surface area (Å²) in [5, 5.41) is 9.65. The SMILES string of the molecule is Cc1ccc(C(=O)N2CCN(c3oc(-c4ccc(COc5ccccc5C)o4)nc3C#N)CC2)cc1. The number of aryl methyl sites for hydroxylation is 2. The number of carbonyl (C=O) groups is 1. The van der Waals surface area contributed by atoms with Gasteiger partial charge in [0.05, 0.1) is 0 Å². The van der Waals surface area contributed by atoms with Crippen LogP contribution in [0.4, 0.5) is 5.88 Å². The van der Waals surface area contributed by atoms with E-state index in [0.29, 0.717) is 49.1 Å². The van der Waals surface area contributed by atoms with Crippen molar-refractivity contribution in [2.75, 3.05) is 31.1 Å². The smallest absolute Gasteiger partial charge is 0.266 e. The number of benzene rings is 2. The van der Waals surface area contributed by atoms with E-state index in [1.165, 1.54) is 0 Å². The number of nitrogens with zero attached hydrogens (tertiary/aromatic N) is 4. The molecule has 0 atom stereocenters. The minimum Gasteiger partial charge on any atom is -0.485 e. The maximum atomic E-state index is 12.8. The number of furan rings is 1. The number of amides is 1. The third-order valence-electron chi connectivity index (χ3n) is 6.20. The van der Waals surface area contributed by atoms with E-state index < -0.39 is 0 Å². The minimum atomic E-state index is 0.00412. The van der Waals surface area contributed by atoms with Gasteiger partial charge in [-0.2, -0.15) is 10.2 Å². The summed E-state index contributed by atoms with van der Waals surface area (Å²) in [6, 6.07) is 21.0. The van der Waals surface area contributed by atoms with Crippen LogP contribution in [-0.2, 0) is 6.61 Å². The lowest BCUT2D eigenvalue weighted by Gasteiger charge is -2.34. The van der Waals surface area contributed by atoms with Gasteiger partial charge in [-0.1, -0.05) is 35.9 Å². The maximum absolute atomic E-state index is 12.8. The fraction of sp³-hybridized carbons (Fsp3) is 0.250. The molecule has 0 radical (unpaired) electrons. The molecule has 1 aliphatic rings. The number of carbonyl (C=O) groups excluding carboxylic acids is 1. The number of oxazole rings is 1. The molecule has 0 N–H and O–H groups in total. The molecule has 3 heterocycles. The van der Waals surface area contributed by atoms with Crippen molar-refractivity contribution in [3.63, 3.8) is 0 Å². The predicted octanol–water partition coefficient (Wildman–Crippen LogP) is 4.96. The molecule has 2 aromatic carbocycles. The summed E-state index contributed by atoms with van der Waals surface area (Å²) in [6.07, 6.45) is 0. The Morgan fingerprint density at radius 1 is 1.00 bits per heavy atom. The first kappa shape index (κ1) is 23.2. The number of piperazine rings is 1. The summed E-state index contributed by atoms with van der Waals surface area (Å²) in [5.74, 6) is 2.47. The van der Waals surface area contributed by atoms with Crippen molar-refractivity contribution in [1.82, 2.24) is 9.88 Å². The van der Waals surface area contributed by atoms with Gasteiger partial charge in [0.1, 0.15) is 24.2 Å². The molecule has 5 rings (SSSR count). The standard InChI is InChI=1S/C28H26N4O4/c1-19-7-9-21(10-8-19)27(33)31-13-15-32(16-14-31)28-23(17-29)30-26(36-28)25-12-11-22(35-25)18-34-24-6-4-3-5-20(24)2/h3-12H,13-16,18H2,1-2H3. The summed E-state index contributed by atoms with van der Waals surface area (Å²) in [4.78, 5) is 20.9. The van der Waals surface area contributed by atoms with Crippen LogP contribution in [0.1, 0.15) is 32.9 Å². The zero-order valence-corrected chi connectivity index (χ0v) is 20.2. The Balaban J connectivity index is 1.24. The monoisotopic (exact) mass is 482 g/mol. The Morgan fingerprint density at radius 2 is 1.75 bits per heavy atom. The number of anilines is 1. The number of hydrogen-bond acceptors (Lipinski definition) is 7. The molecule has 1 aliphatic heterocycles. The fourth-order valence-electron chi connectivity index (χ4n) is 4.13. The van der Waals surface area contributed by atoms with E-state index in [4.69, 9.17) is 13.6 Å². The second-order valence-electron chi connectivity index (χ2n) is 8.75. The van der Waals surface area contributed by atoms with E-state index in [0.717, 1.165) is 16.9 Å². The quantitative estimate of drug-likeness (QED) is 0.383. The normalized spacial score (nSPS) is 13.5. The van der Waals surface area contributed by atoms with Gasteiger partial charge in [0.25, 0.3) is 11.8 Å². The first-order valence-corrected chi connectivity index (χ1v) is 11.8. The zero-order chi connectivity index (χ0) is 25.1. The largest absolute Gasteiger partial charge is 0.485 e. The van der Waals surface area contributed by atoms with E-state index >= 15 is 0 Å². The number of nitriles is 1. The molecule has 1 saturated heterocycles. The summed E-state index contributed by atoms with van der Waals surface area (Å²) in [6.45, 7) is 6.36. The van der Waals surface area contributed by atoms with Crippen LogP contribution >= 0.6 is 0 Å². The maximum Gasteiger partial charge on any atom is 0.266 e. The van der Waals surface area contributed by atoms with Gasteiger partial charge in [-0.3, -0.25) is 4.79 Å². The van der Waals surface area contributed by atoms with Crippen molar-refractivity contribution in [3.8, 4) is 23.5 Å². The molecule has 0 spiro atoms. The third-order valence-corrected chi connectivity index (χ3v) is 6.20. The van der Waals surface area contributed by atoms with Gasteiger partial charge in [-0.15, -0.1) is 0 Å². The van der Waals surface area contributed by atoms with Gasteiger partial charge in [-0.25, -0.2) is 0 Å². The highest BCUT2D eigenvalue weighted by atomic mass is 16.5. The van der Waals surface area contributed by atoms with Crippen LogP contribution < -0.4 is 9.64 Å². The van der Waals surface area contributed by atoms with Crippen molar-refractivity contribution in [2.24, 2.45) is 0 Å². The average Bonchev–Trinajstić information content (AvgIpc) is 3.56. The summed E-state index contributed by atoms with van der Waals surface area (Å²) in [5.41, 5.74) is 3.02. The van der Waals surface area contributed by atoms with Crippen molar-refractivity contribution in [1.29, 1.82) is 5.26 Å². The average molecular weight is 483 g/mol. The van der Waals surface area contributed by atoms with Gasteiger partial charge in [0.15, 0.2) is 5.76 Å². The minimum absolute atomic E-state index is 0.00412. The van der Waals surface area contributed by atoms with Crippen molar-refractivity contribution in [3.05, 3.63) is 88.8 Å². The molecule has 36 heavy (non-hydrogen) atoms. The van der Waals surface area contributed by atoms with Gasteiger partial charge >= 0.3 is 0 Å². The van der Waals surface area contributed by atoms with Crippen LogP contribution in [0.5, 0.6) is 5.75 Å². The van der Waals surface area contributed by atoms with Crippen LogP contribution in [0.3, 0.4) is 0 Å². The summed E-state index contributed by atoms with van der Waals surface area (Å²) >= 11 is 0. The number of ether oxygens (including phenoxy) is 1. The molecule has 0 aliphatic carbocycles. The Morgan fingerprint density at radius 3 is 2.47 bits per heavy atom. The summed E-state index contributed by atoms with van der Waals surface area (Å²) < 4.78 is 17.7. The molecule has 182 valence electrons. The Hall–Kier alpha value is -4.51. The first-order chi connectivity index (χ1) is 17.5. The van der Waals surface area contributed by atoms with E-state index in [1.54, 1.807) is 12.1 Å². The van der Waals surface area contributed by atoms with Crippen LogP contribution in [0, 0.1) is 25.2 Å². The lowest BCUT2D eigenvalue weighted by molar-refractivity contribution is 0.0745. The van der Waals surface area contributed by atoms with Crippen molar-refractivity contribution < 1.29 is 18.4 Å². The van der Waals surface area contributed by atoms with Crippen LogP contribution in [0.2, 0.25) is 0 Å². The summed E-state index contributed by atoms with van der Waals surface area (Å²) in [7, 11) is 0. The third kappa shape index (κ3) is 4.82. The number of hydrogen-bond donors (Lipinski definition) is 0. The second-order valence-corrected chi connectivity index (χ2v) is 8.75. The van der Waals surface area contributed by atoms with Gasteiger partial charge in [0, 0.05) is 31.7 Å².